The zero-order valence-electron chi connectivity index (χ0n) is 13.4. The topological polar surface area (TPSA) is 52.6 Å². The summed E-state index contributed by atoms with van der Waals surface area (Å²) >= 11 is 0. The van der Waals surface area contributed by atoms with Crippen LogP contribution in [-0.2, 0) is 9.31 Å². The normalized spacial score (nSPS) is 23.2. The van der Waals surface area contributed by atoms with E-state index in [1.54, 1.807) is 12.4 Å². The minimum absolute atomic E-state index is 0.306. The van der Waals surface area contributed by atoms with Crippen molar-refractivity contribution in [2.75, 3.05) is 12.4 Å². The van der Waals surface area contributed by atoms with Gasteiger partial charge in [0.05, 0.1) is 34.7 Å². The summed E-state index contributed by atoms with van der Waals surface area (Å²) in [5.74, 6) is 0.753. The van der Waals surface area contributed by atoms with Crippen molar-refractivity contribution in [3.05, 3.63) is 12.4 Å². The van der Waals surface area contributed by atoms with Crippen molar-refractivity contribution in [1.29, 1.82) is 0 Å². The minimum atomic E-state index is -0.450. The Morgan fingerprint density at radius 1 is 1.19 bits per heavy atom. The van der Waals surface area contributed by atoms with Crippen LogP contribution in [0.3, 0.4) is 0 Å². The summed E-state index contributed by atoms with van der Waals surface area (Å²) in [5.41, 5.74) is 1.04. The van der Waals surface area contributed by atoms with E-state index >= 15 is 0 Å². The van der Waals surface area contributed by atoms with Gasteiger partial charge in [0.15, 0.2) is 0 Å². The Morgan fingerprint density at radius 2 is 1.81 bits per heavy atom. The smallest absolute Gasteiger partial charge is 0.489 e. The molecule has 114 valence electrons. The number of anilines is 1. The molecule has 1 saturated heterocycles. The van der Waals surface area contributed by atoms with Gasteiger partial charge in [0.1, 0.15) is 5.75 Å². The lowest BCUT2D eigenvalue weighted by atomic mass is 9.77. The first-order valence-electron chi connectivity index (χ1n) is 7.52. The van der Waals surface area contributed by atoms with Crippen molar-refractivity contribution in [3.63, 3.8) is 0 Å². The summed E-state index contributed by atoms with van der Waals surface area (Å²) in [4.78, 5) is 4.24. The molecule has 1 N–H and O–H groups in total. The molecule has 3 rings (SSSR count). The van der Waals surface area contributed by atoms with Gasteiger partial charge in [0, 0.05) is 13.2 Å². The first kappa shape index (κ1) is 14.7. The zero-order chi connectivity index (χ0) is 15.3. The van der Waals surface area contributed by atoms with Crippen LogP contribution < -0.4 is 15.5 Å². The average molecular weight is 290 g/mol. The predicted molar refractivity (Wildman–Crippen MR) is 83.1 cm³/mol. The molecule has 1 saturated carbocycles. The molecule has 1 aliphatic carbocycles. The van der Waals surface area contributed by atoms with Gasteiger partial charge in [-0.2, -0.15) is 0 Å². The first-order valence-corrected chi connectivity index (χ1v) is 7.52. The fourth-order valence-electron chi connectivity index (χ4n) is 2.31. The van der Waals surface area contributed by atoms with Gasteiger partial charge in [0.2, 0.25) is 0 Å². The molecular formula is C15H23BN2O3. The Morgan fingerprint density at radius 3 is 2.33 bits per heavy atom. The molecule has 0 aromatic carbocycles. The Kier molecular flexibility index (Phi) is 3.41. The van der Waals surface area contributed by atoms with Crippen LogP contribution in [0.1, 0.15) is 40.5 Å². The lowest BCUT2D eigenvalue weighted by molar-refractivity contribution is 0.00578. The number of nitrogens with zero attached hydrogens (tertiary/aromatic N) is 1. The summed E-state index contributed by atoms with van der Waals surface area (Å²) in [6.07, 6.45) is 6.04. The van der Waals surface area contributed by atoms with Crippen molar-refractivity contribution in [1.82, 2.24) is 4.98 Å². The van der Waals surface area contributed by atoms with Crippen LogP contribution in [0.4, 0.5) is 5.69 Å². The third kappa shape index (κ3) is 2.62. The van der Waals surface area contributed by atoms with E-state index in [0.717, 1.165) is 29.7 Å². The summed E-state index contributed by atoms with van der Waals surface area (Å²) in [6, 6.07) is 0. The SMILES string of the molecule is CNc1cncc(OC2CC2)c1B1OC(C)(C)C(C)(C)O1. The highest BCUT2D eigenvalue weighted by Crippen LogP contribution is 2.38. The van der Waals surface area contributed by atoms with E-state index in [-0.39, 0.29) is 11.2 Å². The van der Waals surface area contributed by atoms with Gasteiger partial charge >= 0.3 is 7.12 Å². The molecule has 0 unspecified atom stereocenters. The number of hydrogen-bond donors (Lipinski definition) is 1. The molecule has 1 aliphatic heterocycles. The highest BCUT2D eigenvalue weighted by Gasteiger charge is 2.53. The van der Waals surface area contributed by atoms with E-state index in [2.05, 4.69) is 38.0 Å². The van der Waals surface area contributed by atoms with Gasteiger partial charge in [-0.15, -0.1) is 0 Å². The van der Waals surface area contributed by atoms with E-state index in [4.69, 9.17) is 14.0 Å². The number of pyridine rings is 1. The Bertz CT molecular complexity index is 528. The van der Waals surface area contributed by atoms with Crippen LogP contribution in [0.25, 0.3) is 0 Å². The molecule has 1 aromatic rings. The van der Waals surface area contributed by atoms with E-state index in [1.165, 1.54) is 0 Å². The molecule has 0 atom stereocenters. The number of ether oxygens (including phenoxy) is 1. The molecule has 2 fully saturated rings. The number of hydrogen-bond acceptors (Lipinski definition) is 5. The Balaban J connectivity index is 1.97. The second-order valence-electron chi connectivity index (χ2n) is 6.75. The maximum Gasteiger partial charge on any atom is 0.500 e. The fourth-order valence-corrected chi connectivity index (χ4v) is 2.31. The van der Waals surface area contributed by atoms with Crippen molar-refractivity contribution in [2.45, 2.75) is 57.8 Å². The van der Waals surface area contributed by atoms with E-state index in [0.29, 0.717) is 6.10 Å². The van der Waals surface area contributed by atoms with Crippen molar-refractivity contribution < 1.29 is 14.0 Å². The van der Waals surface area contributed by atoms with Crippen LogP contribution in [0.5, 0.6) is 5.75 Å². The molecule has 2 heterocycles. The molecule has 2 aliphatic rings. The van der Waals surface area contributed by atoms with E-state index in [1.807, 2.05) is 7.05 Å². The maximum absolute atomic E-state index is 6.17. The Labute approximate surface area is 126 Å². The molecular weight excluding hydrogens is 267 g/mol. The van der Waals surface area contributed by atoms with Crippen molar-refractivity contribution >= 4 is 18.3 Å². The highest BCUT2D eigenvalue weighted by molar-refractivity contribution is 6.65. The second kappa shape index (κ2) is 4.88. The third-order valence-electron chi connectivity index (χ3n) is 4.53. The van der Waals surface area contributed by atoms with Crippen LogP contribution in [0.2, 0.25) is 0 Å². The Hall–Kier alpha value is -1.27. The predicted octanol–water partition coefficient (Wildman–Crippen LogP) is 1.96. The average Bonchev–Trinajstić information content (AvgIpc) is 3.17. The largest absolute Gasteiger partial charge is 0.500 e. The van der Waals surface area contributed by atoms with E-state index < -0.39 is 7.12 Å². The molecule has 0 radical (unpaired) electrons. The molecule has 1 aromatic heterocycles. The molecule has 21 heavy (non-hydrogen) atoms. The van der Waals surface area contributed by atoms with Crippen LogP contribution in [0.15, 0.2) is 12.4 Å². The zero-order valence-corrected chi connectivity index (χ0v) is 13.4. The monoisotopic (exact) mass is 290 g/mol. The van der Waals surface area contributed by atoms with Crippen molar-refractivity contribution in [3.8, 4) is 5.75 Å². The number of nitrogens with one attached hydrogen (secondary N) is 1. The standard InChI is InChI=1S/C15H23BN2O3/c1-14(2)15(3,4)21-16(20-14)13-11(17-5)8-18-9-12(13)19-10-6-7-10/h8-10,17H,6-7H2,1-5H3. The molecule has 0 amide bonds. The lowest BCUT2D eigenvalue weighted by Gasteiger charge is -2.32. The van der Waals surface area contributed by atoms with Gasteiger partial charge in [-0.05, 0) is 40.5 Å². The van der Waals surface area contributed by atoms with Gasteiger partial charge < -0.3 is 19.4 Å². The first-order chi connectivity index (χ1) is 9.84. The van der Waals surface area contributed by atoms with Gasteiger partial charge in [-0.3, -0.25) is 4.98 Å². The summed E-state index contributed by atoms with van der Waals surface area (Å²) in [6.45, 7) is 8.20. The molecule has 6 heteroatoms. The number of aromatic nitrogens is 1. The molecule has 0 spiro atoms. The minimum Gasteiger partial charge on any atom is -0.489 e. The van der Waals surface area contributed by atoms with Crippen LogP contribution in [0, 0.1) is 0 Å². The van der Waals surface area contributed by atoms with Crippen LogP contribution in [-0.4, -0.2) is 36.5 Å². The summed E-state index contributed by atoms with van der Waals surface area (Å²) in [5, 5.41) is 3.16. The van der Waals surface area contributed by atoms with Crippen LogP contribution >= 0.6 is 0 Å². The van der Waals surface area contributed by atoms with Gasteiger partial charge in [-0.1, -0.05) is 0 Å². The summed E-state index contributed by atoms with van der Waals surface area (Å²) in [7, 11) is 1.42. The molecule has 0 bridgehead atoms. The highest BCUT2D eigenvalue weighted by atomic mass is 16.7. The van der Waals surface area contributed by atoms with Gasteiger partial charge in [-0.25, -0.2) is 0 Å². The quantitative estimate of drug-likeness (QED) is 0.859. The van der Waals surface area contributed by atoms with E-state index in [9.17, 15) is 0 Å². The van der Waals surface area contributed by atoms with Crippen molar-refractivity contribution in [2.24, 2.45) is 0 Å². The number of rotatable bonds is 4. The second-order valence-corrected chi connectivity index (χ2v) is 6.75. The molecule has 5 nitrogen and oxygen atoms in total. The summed E-state index contributed by atoms with van der Waals surface area (Å²) < 4.78 is 18.3. The maximum atomic E-state index is 6.17. The lowest BCUT2D eigenvalue weighted by Crippen LogP contribution is -2.41. The van der Waals surface area contributed by atoms with Gasteiger partial charge in [0.25, 0.3) is 0 Å². The third-order valence-corrected chi connectivity index (χ3v) is 4.53. The fraction of sp³-hybridized carbons (Fsp3) is 0.667.